The van der Waals surface area contributed by atoms with Crippen LogP contribution in [0.4, 0.5) is 0 Å². The van der Waals surface area contributed by atoms with Crippen LogP contribution < -0.4 is 10.1 Å². The molecule has 0 unspecified atom stereocenters. The predicted octanol–water partition coefficient (Wildman–Crippen LogP) is 2.39. The molecule has 0 amide bonds. The van der Waals surface area contributed by atoms with Crippen LogP contribution in [0.25, 0.3) is 0 Å². The van der Waals surface area contributed by atoms with Gasteiger partial charge in [-0.15, -0.1) is 0 Å². The van der Waals surface area contributed by atoms with Crippen LogP contribution in [-0.2, 0) is 4.74 Å². The molecular weight excluding hydrogens is 278 g/mol. The molecule has 5 nitrogen and oxygen atoms in total. The second-order valence-electron chi connectivity index (χ2n) is 5.02. The standard InChI is InChI=1S/C17H29N3O2/c1-4-5-13-21-14-11-19-17(18-2)20(3)12-15-22-16-9-7-6-8-10-16/h6-10H,4-5,11-15H2,1-3H3,(H,18,19). The minimum atomic E-state index is 0.619. The molecule has 124 valence electrons. The van der Waals surface area contributed by atoms with Gasteiger partial charge < -0.3 is 19.7 Å². The highest BCUT2D eigenvalue weighted by atomic mass is 16.5. The molecule has 0 aromatic heterocycles. The number of unbranched alkanes of at least 4 members (excludes halogenated alkanes) is 1. The van der Waals surface area contributed by atoms with E-state index in [-0.39, 0.29) is 0 Å². The Morgan fingerprint density at radius 1 is 1.18 bits per heavy atom. The first-order valence-corrected chi connectivity index (χ1v) is 7.95. The third kappa shape index (κ3) is 7.88. The van der Waals surface area contributed by atoms with E-state index in [1.807, 2.05) is 37.4 Å². The molecular formula is C17H29N3O2. The summed E-state index contributed by atoms with van der Waals surface area (Å²) >= 11 is 0. The van der Waals surface area contributed by atoms with Crippen molar-refractivity contribution < 1.29 is 9.47 Å². The molecule has 0 aliphatic carbocycles. The van der Waals surface area contributed by atoms with Crippen LogP contribution in [0.1, 0.15) is 19.8 Å². The maximum Gasteiger partial charge on any atom is 0.193 e. The molecule has 0 spiro atoms. The van der Waals surface area contributed by atoms with E-state index < -0.39 is 0 Å². The lowest BCUT2D eigenvalue weighted by molar-refractivity contribution is 0.135. The first-order chi connectivity index (χ1) is 10.8. The summed E-state index contributed by atoms with van der Waals surface area (Å²) in [5.41, 5.74) is 0. The minimum absolute atomic E-state index is 0.619. The summed E-state index contributed by atoms with van der Waals surface area (Å²) in [5, 5.41) is 3.29. The Bertz CT molecular complexity index is 410. The molecule has 1 aromatic carbocycles. The van der Waals surface area contributed by atoms with Crippen molar-refractivity contribution in [2.45, 2.75) is 19.8 Å². The lowest BCUT2D eigenvalue weighted by Crippen LogP contribution is -2.42. The van der Waals surface area contributed by atoms with Crippen LogP contribution in [-0.4, -0.2) is 57.9 Å². The topological polar surface area (TPSA) is 46.1 Å². The van der Waals surface area contributed by atoms with Crippen molar-refractivity contribution in [1.82, 2.24) is 10.2 Å². The summed E-state index contributed by atoms with van der Waals surface area (Å²) in [4.78, 5) is 6.32. The zero-order valence-electron chi connectivity index (χ0n) is 14.0. The molecule has 1 N–H and O–H groups in total. The van der Waals surface area contributed by atoms with Crippen molar-refractivity contribution >= 4 is 5.96 Å². The quantitative estimate of drug-likeness (QED) is 0.409. The molecule has 0 radical (unpaired) electrons. The first-order valence-electron chi connectivity index (χ1n) is 7.95. The molecule has 0 atom stereocenters. The number of para-hydroxylation sites is 1. The lowest BCUT2D eigenvalue weighted by atomic mass is 10.3. The molecule has 1 rings (SSSR count). The molecule has 1 aromatic rings. The fourth-order valence-electron chi connectivity index (χ4n) is 1.89. The van der Waals surface area contributed by atoms with Gasteiger partial charge in [-0.2, -0.15) is 0 Å². The fourth-order valence-corrected chi connectivity index (χ4v) is 1.89. The van der Waals surface area contributed by atoms with Crippen molar-refractivity contribution in [1.29, 1.82) is 0 Å². The van der Waals surface area contributed by atoms with E-state index in [1.54, 1.807) is 7.05 Å². The van der Waals surface area contributed by atoms with E-state index in [0.29, 0.717) is 13.2 Å². The monoisotopic (exact) mass is 307 g/mol. The Labute approximate surface area is 134 Å². The van der Waals surface area contributed by atoms with Gasteiger partial charge in [0, 0.05) is 27.2 Å². The first kappa shape index (κ1) is 18.3. The molecule has 0 bridgehead atoms. The van der Waals surface area contributed by atoms with Crippen molar-refractivity contribution in [3.05, 3.63) is 30.3 Å². The summed E-state index contributed by atoms with van der Waals surface area (Å²) in [5.74, 6) is 1.75. The number of guanidine groups is 1. The number of nitrogens with zero attached hydrogens (tertiary/aromatic N) is 2. The van der Waals surface area contributed by atoms with Gasteiger partial charge in [0.2, 0.25) is 0 Å². The number of hydrogen-bond acceptors (Lipinski definition) is 3. The molecule has 5 heteroatoms. The zero-order chi connectivity index (χ0) is 16.0. The van der Waals surface area contributed by atoms with Gasteiger partial charge >= 0.3 is 0 Å². The Hall–Kier alpha value is -1.75. The number of nitrogens with one attached hydrogen (secondary N) is 1. The third-order valence-corrected chi connectivity index (χ3v) is 3.18. The average molecular weight is 307 g/mol. The van der Waals surface area contributed by atoms with E-state index in [4.69, 9.17) is 9.47 Å². The van der Waals surface area contributed by atoms with Crippen molar-refractivity contribution in [3.8, 4) is 5.75 Å². The van der Waals surface area contributed by atoms with Gasteiger partial charge in [-0.3, -0.25) is 4.99 Å². The summed E-state index contributed by atoms with van der Waals surface area (Å²) in [7, 11) is 3.79. The van der Waals surface area contributed by atoms with Gasteiger partial charge in [-0.25, -0.2) is 0 Å². The second-order valence-corrected chi connectivity index (χ2v) is 5.02. The Morgan fingerprint density at radius 2 is 1.95 bits per heavy atom. The summed E-state index contributed by atoms with van der Waals surface area (Å²) < 4.78 is 11.2. The molecule has 0 aliphatic heterocycles. The molecule has 0 saturated heterocycles. The van der Waals surface area contributed by atoms with Gasteiger partial charge in [0.25, 0.3) is 0 Å². The zero-order valence-corrected chi connectivity index (χ0v) is 14.0. The Balaban J connectivity index is 2.16. The van der Waals surface area contributed by atoms with Gasteiger partial charge in [-0.1, -0.05) is 31.5 Å². The normalized spacial score (nSPS) is 11.3. The average Bonchev–Trinajstić information content (AvgIpc) is 2.55. The van der Waals surface area contributed by atoms with Crippen LogP contribution in [0.5, 0.6) is 5.75 Å². The largest absolute Gasteiger partial charge is 0.492 e. The van der Waals surface area contributed by atoms with Crippen molar-refractivity contribution in [2.24, 2.45) is 4.99 Å². The van der Waals surface area contributed by atoms with E-state index in [9.17, 15) is 0 Å². The number of likely N-dealkylation sites (N-methyl/N-ethyl adjacent to an activating group) is 1. The second kappa shape index (κ2) is 11.9. The SMILES string of the molecule is CCCCOCCNC(=NC)N(C)CCOc1ccccc1. The molecule has 22 heavy (non-hydrogen) atoms. The highest BCUT2D eigenvalue weighted by molar-refractivity contribution is 5.79. The molecule has 0 fully saturated rings. The highest BCUT2D eigenvalue weighted by Gasteiger charge is 2.05. The van der Waals surface area contributed by atoms with Gasteiger partial charge in [-0.05, 0) is 18.6 Å². The molecule has 0 aliphatic rings. The van der Waals surface area contributed by atoms with Crippen molar-refractivity contribution in [3.63, 3.8) is 0 Å². The summed E-state index contributed by atoms with van der Waals surface area (Å²) in [6.45, 7) is 5.85. The summed E-state index contributed by atoms with van der Waals surface area (Å²) in [6.07, 6.45) is 2.28. The number of benzene rings is 1. The van der Waals surface area contributed by atoms with Crippen LogP contribution >= 0.6 is 0 Å². The number of ether oxygens (including phenoxy) is 2. The number of aliphatic imine (C=N–C) groups is 1. The van der Waals surface area contributed by atoms with Crippen LogP contribution in [0.2, 0.25) is 0 Å². The Morgan fingerprint density at radius 3 is 2.64 bits per heavy atom. The van der Waals surface area contributed by atoms with Crippen molar-refractivity contribution in [2.75, 3.05) is 47.0 Å². The maximum atomic E-state index is 5.69. The van der Waals surface area contributed by atoms with Gasteiger partial charge in [0.15, 0.2) is 5.96 Å². The highest BCUT2D eigenvalue weighted by Crippen LogP contribution is 2.07. The molecule has 0 saturated carbocycles. The summed E-state index contributed by atoms with van der Waals surface area (Å²) in [6, 6.07) is 9.84. The smallest absolute Gasteiger partial charge is 0.193 e. The molecule has 0 heterocycles. The van der Waals surface area contributed by atoms with E-state index in [1.165, 1.54) is 6.42 Å². The number of hydrogen-bond donors (Lipinski definition) is 1. The van der Waals surface area contributed by atoms with Crippen LogP contribution in [0.15, 0.2) is 35.3 Å². The minimum Gasteiger partial charge on any atom is -0.492 e. The van der Waals surface area contributed by atoms with Crippen LogP contribution in [0.3, 0.4) is 0 Å². The lowest BCUT2D eigenvalue weighted by Gasteiger charge is -2.22. The van der Waals surface area contributed by atoms with E-state index in [0.717, 1.165) is 37.8 Å². The Kier molecular flexibility index (Phi) is 9.87. The third-order valence-electron chi connectivity index (χ3n) is 3.18. The van der Waals surface area contributed by atoms with E-state index >= 15 is 0 Å². The fraction of sp³-hybridized carbons (Fsp3) is 0.588. The maximum absolute atomic E-state index is 5.69. The van der Waals surface area contributed by atoms with Gasteiger partial charge in [0.05, 0.1) is 13.2 Å². The number of rotatable bonds is 10. The van der Waals surface area contributed by atoms with E-state index in [2.05, 4.69) is 22.1 Å². The van der Waals surface area contributed by atoms with Crippen LogP contribution in [0, 0.1) is 0 Å². The predicted molar refractivity (Wildman–Crippen MR) is 91.7 cm³/mol. The van der Waals surface area contributed by atoms with Gasteiger partial charge in [0.1, 0.15) is 12.4 Å².